The lowest BCUT2D eigenvalue weighted by molar-refractivity contribution is 0.0734. The number of esters is 1. The first-order valence-electron chi connectivity index (χ1n) is 8.29. The summed E-state index contributed by atoms with van der Waals surface area (Å²) in [5, 5.41) is 9.06. The predicted molar refractivity (Wildman–Crippen MR) is 105 cm³/mol. The van der Waals surface area contributed by atoms with Gasteiger partial charge in [0.2, 0.25) is 0 Å². The normalized spacial score (nSPS) is 10.7. The van der Waals surface area contributed by atoms with E-state index in [9.17, 15) is 13.2 Å². The van der Waals surface area contributed by atoms with Crippen LogP contribution in [0, 0.1) is 11.3 Å². The number of carbonyl (C=O) groups is 1. The maximum Gasteiger partial charge on any atom is 0.343 e. The predicted octanol–water partition coefficient (Wildman–Crippen LogP) is 3.60. The van der Waals surface area contributed by atoms with E-state index < -0.39 is 16.0 Å². The van der Waals surface area contributed by atoms with Crippen LogP contribution in [0.1, 0.15) is 15.9 Å². The van der Waals surface area contributed by atoms with E-state index in [0.29, 0.717) is 5.69 Å². The van der Waals surface area contributed by atoms with Crippen LogP contribution in [-0.4, -0.2) is 21.4 Å². The van der Waals surface area contributed by atoms with Crippen molar-refractivity contribution in [3.63, 3.8) is 0 Å². The van der Waals surface area contributed by atoms with E-state index in [1.165, 1.54) is 47.8 Å². The first-order valence-corrected chi connectivity index (χ1v) is 9.73. The monoisotopic (exact) mass is 392 g/mol. The van der Waals surface area contributed by atoms with Crippen LogP contribution >= 0.6 is 0 Å². The molecule has 0 spiro atoms. The lowest BCUT2D eigenvalue weighted by atomic mass is 10.2. The number of nitrogens with zero attached hydrogens (tertiary/aromatic N) is 2. The number of carbonyl (C=O) groups excluding carboxylic acids is 1. The van der Waals surface area contributed by atoms with Crippen LogP contribution in [0.2, 0.25) is 0 Å². The Labute approximate surface area is 163 Å². The fourth-order valence-corrected chi connectivity index (χ4v) is 3.70. The lowest BCUT2D eigenvalue weighted by Crippen LogP contribution is -2.26. The van der Waals surface area contributed by atoms with E-state index in [2.05, 4.69) is 0 Å². The van der Waals surface area contributed by atoms with Crippen molar-refractivity contribution in [3.8, 4) is 11.8 Å². The standard InChI is InChI=1S/C21H16N2O4S/c1-23(18-8-3-2-4-9-18)28(25,26)19-13-11-16(12-14-19)21(24)27-20-10-6-5-7-17(20)15-22/h2-14H,1H3. The molecule has 3 aromatic rings. The number of hydrogen-bond donors (Lipinski definition) is 0. The van der Waals surface area contributed by atoms with E-state index in [0.717, 1.165) is 0 Å². The second-order valence-corrected chi connectivity index (χ2v) is 7.80. The summed E-state index contributed by atoms with van der Waals surface area (Å²) in [5.41, 5.74) is 0.938. The molecule has 0 aliphatic rings. The summed E-state index contributed by atoms with van der Waals surface area (Å²) < 4.78 is 31.9. The van der Waals surface area contributed by atoms with Gasteiger partial charge in [0.05, 0.1) is 21.7 Å². The second kappa shape index (κ2) is 7.94. The highest BCUT2D eigenvalue weighted by atomic mass is 32.2. The van der Waals surface area contributed by atoms with Gasteiger partial charge in [0, 0.05) is 7.05 Å². The van der Waals surface area contributed by atoms with Gasteiger partial charge in [0.1, 0.15) is 11.8 Å². The minimum absolute atomic E-state index is 0.0489. The Bertz CT molecular complexity index is 1140. The van der Waals surface area contributed by atoms with Gasteiger partial charge in [0.15, 0.2) is 0 Å². The number of anilines is 1. The van der Waals surface area contributed by atoms with Crippen LogP contribution in [0.4, 0.5) is 5.69 Å². The number of rotatable bonds is 5. The molecule has 0 heterocycles. The molecular weight excluding hydrogens is 376 g/mol. The van der Waals surface area contributed by atoms with Gasteiger partial charge in [-0.2, -0.15) is 5.26 Å². The maximum atomic E-state index is 12.8. The Balaban J connectivity index is 1.81. The summed E-state index contributed by atoms with van der Waals surface area (Å²) >= 11 is 0. The highest BCUT2D eigenvalue weighted by Gasteiger charge is 2.22. The van der Waals surface area contributed by atoms with Crippen molar-refractivity contribution in [2.24, 2.45) is 0 Å². The molecule has 6 nitrogen and oxygen atoms in total. The molecule has 3 rings (SSSR count). The molecule has 0 amide bonds. The van der Waals surface area contributed by atoms with Gasteiger partial charge in [0.25, 0.3) is 10.0 Å². The van der Waals surface area contributed by atoms with Crippen LogP contribution in [0.5, 0.6) is 5.75 Å². The van der Waals surface area contributed by atoms with Crippen molar-refractivity contribution in [2.45, 2.75) is 4.90 Å². The van der Waals surface area contributed by atoms with Gasteiger partial charge in [-0.25, -0.2) is 13.2 Å². The molecule has 0 fully saturated rings. The SMILES string of the molecule is CN(c1ccccc1)S(=O)(=O)c1ccc(C(=O)Oc2ccccc2C#N)cc1. The molecule has 0 aliphatic heterocycles. The number of nitriles is 1. The van der Waals surface area contributed by atoms with E-state index in [4.69, 9.17) is 10.00 Å². The van der Waals surface area contributed by atoms with E-state index in [-0.39, 0.29) is 21.8 Å². The minimum atomic E-state index is -3.77. The van der Waals surface area contributed by atoms with Crippen LogP contribution in [0.25, 0.3) is 0 Å². The summed E-state index contributed by atoms with van der Waals surface area (Å²) in [4.78, 5) is 12.4. The summed E-state index contributed by atoms with van der Waals surface area (Å²) in [6, 6.07) is 22.5. The molecule has 0 atom stereocenters. The van der Waals surface area contributed by atoms with Crippen LogP contribution in [0.3, 0.4) is 0 Å². The van der Waals surface area contributed by atoms with Crippen molar-refractivity contribution >= 4 is 21.7 Å². The van der Waals surface area contributed by atoms with Crippen molar-refractivity contribution in [1.29, 1.82) is 5.26 Å². The highest BCUT2D eigenvalue weighted by Crippen LogP contribution is 2.23. The van der Waals surface area contributed by atoms with Gasteiger partial charge in [-0.3, -0.25) is 4.31 Å². The number of sulfonamides is 1. The molecule has 0 bridgehead atoms. The molecule has 0 unspecified atom stereocenters. The van der Waals surface area contributed by atoms with Gasteiger partial charge < -0.3 is 4.74 Å². The molecule has 140 valence electrons. The van der Waals surface area contributed by atoms with E-state index >= 15 is 0 Å². The summed E-state index contributed by atoms with van der Waals surface area (Å²) in [6.07, 6.45) is 0. The summed E-state index contributed by atoms with van der Waals surface area (Å²) in [6.45, 7) is 0. The van der Waals surface area contributed by atoms with Gasteiger partial charge in [-0.05, 0) is 48.5 Å². The number of benzene rings is 3. The Morgan fingerprint density at radius 3 is 2.18 bits per heavy atom. The number of para-hydroxylation sites is 2. The van der Waals surface area contributed by atoms with Crippen molar-refractivity contribution < 1.29 is 17.9 Å². The zero-order valence-electron chi connectivity index (χ0n) is 14.9. The largest absolute Gasteiger partial charge is 0.422 e. The topological polar surface area (TPSA) is 87.5 Å². The fourth-order valence-electron chi connectivity index (χ4n) is 2.50. The molecular formula is C21H16N2O4S. The molecule has 0 N–H and O–H groups in total. The van der Waals surface area contributed by atoms with Gasteiger partial charge in [-0.15, -0.1) is 0 Å². The fraction of sp³-hybridized carbons (Fsp3) is 0.0476. The molecule has 28 heavy (non-hydrogen) atoms. The van der Waals surface area contributed by atoms with Crippen molar-refractivity contribution in [2.75, 3.05) is 11.4 Å². The Hall–Kier alpha value is -3.63. The third-order valence-electron chi connectivity index (χ3n) is 4.08. The summed E-state index contributed by atoms with van der Waals surface area (Å²) in [7, 11) is -2.30. The summed E-state index contributed by atoms with van der Waals surface area (Å²) in [5.74, 6) is -0.529. The minimum Gasteiger partial charge on any atom is -0.422 e. The van der Waals surface area contributed by atoms with Crippen LogP contribution in [0.15, 0.2) is 83.8 Å². The van der Waals surface area contributed by atoms with Crippen LogP contribution in [-0.2, 0) is 10.0 Å². The quantitative estimate of drug-likeness (QED) is 0.489. The van der Waals surface area contributed by atoms with E-state index in [1.807, 2.05) is 6.07 Å². The number of ether oxygens (including phenoxy) is 1. The molecule has 0 saturated carbocycles. The first-order chi connectivity index (χ1) is 13.4. The third-order valence-corrected chi connectivity index (χ3v) is 5.88. The Morgan fingerprint density at radius 1 is 0.929 bits per heavy atom. The zero-order valence-corrected chi connectivity index (χ0v) is 15.8. The molecule has 0 aromatic heterocycles. The first kappa shape index (κ1) is 19.1. The Morgan fingerprint density at radius 2 is 1.54 bits per heavy atom. The zero-order chi connectivity index (χ0) is 20.1. The molecule has 3 aromatic carbocycles. The third kappa shape index (κ3) is 3.87. The van der Waals surface area contributed by atoms with Gasteiger partial charge in [-0.1, -0.05) is 30.3 Å². The molecule has 0 saturated heterocycles. The highest BCUT2D eigenvalue weighted by molar-refractivity contribution is 7.92. The maximum absolute atomic E-state index is 12.8. The lowest BCUT2D eigenvalue weighted by Gasteiger charge is -2.19. The Kier molecular flexibility index (Phi) is 5.43. The van der Waals surface area contributed by atoms with Crippen molar-refractivity contribution in [1.82, 2.24) is 0 Å². The van der Waals surface area contributed by atoms with Crippen molar-refractivity contribution in [3.05, 3.63) is 90.0 Å². The van der Waals surface area contributed by atoms with E-state index in [1.54, 1.807) is 42.5 Å². The second-order valence-electron chi connectivity index (χ2n) is 5.83. The molecule has 0 aliphatic carbocycles. The average molecular weight is 392 g/mol. The smallest absolute Gasteiger partial charge is 0.343 e. The number of hydrogen-bond acceptors (Lipinski definition) is 5. The average Bonchev–Trinajstić information content (AvgIpc) is 2.74. The van der Waals surface area contributed by atoms with Gasteiger partial charge >= 0.3 is 5.97 Å². The molecule has 7 heteroatoms. The van der Waals surface area contributed by atoms with Crippen LogP contribution < -0.4 is 9.04 Å². The molecule has 0 radical (unpaired) electrons.